The highest BCUT2D eigenvalue weighted by Crippen LogP contribution is 2.48. The number of aromatic nitrogens is 2. The summed E-state index contributed by atoms with van der Waals surface area (Å²) in [4.78, 5) is 25.2. The van der Waals surface area contributed by atoms with Crippen LogP contribution in [-0.2, 0) is 9.53 Å². The van der Waals surface area contributed by atoms with Crippen LogP contribution >= 0.6 is 11.6 Å². The second-order valence-corrected chi connectivity index (χ2v) is 8.15. The largest absolute Gasteiger partial charge is 0.356 e. The van der Waals surface area contributed by atoms with Gasteiger partial charge in [-0.1, -0.05) is 11.6 Å². The third-order valence-electron chi connectivity index (χ3n) is 6.10. The van der Waals surface area contributed by atoms with Gasteiger partial charge in [0.2, 0.25) is 0 Å². The molecule has 2 atom stereocenters. The predicted octanol–water partition coefficient (Wildman–Crippen LogP) is 3.47. The fourth-order valence-corrected chi connectivity index (χ4v) is 4.88. The molecule has 4 heterocycles. The lowest BCUT2D eigenvalue weighted by Crippen LogP contribution is -2.50. The van der Waals surface area contributed by atoms with E-state index in [1.807, 2.05) is 0 Å². The molecule has 0 radical (unpaired) electrons. The first kappa shape index (κ1) is 18.7. The average molecular weight is 421 g/mol. The number of rotatable bonds is 2. The van der Waals surface area contributed by atoms with Gasteiger partial charge in [-0.15, -0.1) is 0 Å². The van der Waals surface area contributed by atoms with Crippen molar-refractivity contribution >= 4 is 23.3 Å². The van der Waals surface area contributed by atoms with Gasteiger partial charge in [0.1, 0.15) is 35.2 Å². The fraction of sp³-hybridized carbons (Fsp3) is 0.450. The smallest absolute Gasteiger partial charge is 0.257 e. The molecule has 2 aromatic rings. The summed E-state index contributed by atoms with van der Waals surface area (Å²) >= 11 is 5.95. The molecule has 3 fully saturated rings. The van der Waals surface area contributed by atoms with E-state index in [1.54, 1.807) is 11.0 Å². The summed E-state index contributed by atoms with van der Waals surface area (Å²) in [5.74, 6) is -0.640. The molecule has 1 unspecified atom stereocenters. The number of hydrogen-bond acceptors (Lipinski definition) is 5. The molecule has 0 N–H and O–H groups in total. The van der Waals surface area contributed by atoms with E-state index in [9.17, 15) is 13.6 Å². The molecule has 1 aromatic carbocycles. The summed E-state index contributed by atoms with van der Waals surface area (Å²) in [6.45, 7) is 1.19. The zero-order valence-corrected chi connectivity index (χ0v) is 16.3. The van der Waals surface area contributed by atoms with E-state index in [0.29, 0.717) is 49.5 Å². The average Bonchev–Trinajstić information content (AvgIpc) is 3.20. The second-order valence-electron chi connectivity index (χ2n) is 7.76. The van der Waals surface area contributed by atoms with Crippen molar-refractivity contribution in [2.75, 3.05) is 18.0 Å². The maximum absolute atomic E-state index is 13.7. The first-order chi connectivity index (χ1) is 13.9. The van der Waals surface area contributed by atoms with Crippen LogP contribution in [0.15, 0.2) is 30.6 Å². The molecular formula is C20H19ClF2N4O2. The highest BCUT2D eigenvalue weighted by atomic mass is 35.5. The van der Waals surface area contributed by atoms with Crippen molar-refractivity contribution in [2.24, 2.45) is 0 Å². The van der Waals surface area contributed by atoms with Gasteiger partial charge in [0, 0.05) is 38.1 Å². The van der Waals surface area contributed by atoms with E-state index < -0.39 is 17.2 Å². The van der Waals surface area contributed by atoms with Crippen molar-refractivity contribution in [1.29, 1.82) is 0 Å². The zero-order valence-electron chi connectivity index (χ0n) is 15.5. The Bertz CT molecular complexity index is 947. The van der Waals surface area contributed by atoms with Gasteiger partial charge in [0.15, 0.2) is 5.60 Å². The zero-order chi connectivity index (χ0) is 20.2. The molecule has 0 aliphatic carbocycles. The molecule has 0 saturated carbocycles. The van der Waals surface area contributed by atoms with Crippen molar-refractivity contribution in [3.8, 4) is 0 Å². The number of ether oxygens (including phenoxy) is 1. The Morgan fingerprint density at radius 2 is 1.79 bits per heavy atom. The Morgan fingerprint density at radius 1 is 1.07 bits per heavy atom. The van der Waals surface area contributed by atoms with E-state index in [2.05, 4.69) is 14.9 Å². The van der Waals surface area contributed by atoms with Gasteiger partial charge < -0.3 is 14.5 Å². The minimum absolute atomic E-state index is 0.0879. The van der Waals surface area contributed by atoms with Crippen LogP contribution in [0.2, 0.25) is 5.15 Å². The molecule has 3 aliphatic heterocycles. The summed E-state index contributed by atoms with van der Waals surface area (Å²) in [7, 11) is 0. The standard InChI is InChI=1S/C20H19ClF2N4O2/c21-16-10-17(25-11-24-16)26-5-3-20(4-6-26)19(28)27-15(1-2-18(27)29-20)12-7-13(22)9-14(23)8-12/h7-11,15,18H,1-6H2/t15-,18?/m0/s1. The van der Waals surface area contributed by atoms with Crippen LogP contribution in [0.1, 0.15) is 37.3 Å². The molecule has 1 aromatic heterocycles. The van der Waals surface area contributed by atoms with E-state index in [-0.39, 0.29) is 18.2 Å². The maximum atomic E-state index is 13.7. The van der Waals surface area contributed by atoms with Crippen molar-refractivity contribution < 1.29 is 18.3 Å². The van der Waals surface area contributed by atoms with Crippen LogP contribution in [0.25, 0.3) is 0 Å². The number of piperidine rings is 1. The lowest BCUT2D eigenvalue weighted by Gasteiger charge is -2.38. The van der Waals surface area contributed by atoms with Crippen molar-refractivity contribution in [3.05, 3.63) is 52.9 Å². The van der Waals surface area contributed by atoms with Crippen LogP contribution < -0.4 is 4.90 Å². The summed E-state index contributed by atoms with van der Waals surface area (Å²) in [5.41, 5.74) is -0.408. The summed E-state index contributed by atoms with van der Waals surface area (Å²) in [6, 6.07) is 4.78. The summed E-state index contributed by atoms with van der Waals surface area (Å²) < 4.78 is 33.7. The normalized spacial score (nSPS) is 25.7. The van der Waals surface area contributed by atoms with Gasteiger partial charge in [-0.25, -0.2) is 18.7 Å². The van der Waals surface area contributed by atoms with Crippen molar-refractivity contribution in [1.82, 2.24) is 14.9 Å². The van der Waals surface area contributed by atoms with Gasteiger partial charge in [-0.3, -0.25) is 4.79 Å². The number of fused-ring (bicyclic) bond motifs is 1. The molecule has 9 heteroatoms. The van der Waals surface area contributed by atoms with Crippen molar-refractivity contribution in [2.45, 2.75) is 43.6 Å². The lowest BCUT2D eigenvalue weighted by molar-refractivity contribution is -0.140. The van der Waals surface area contributed by atoms with Crippen LogP contribution in [0.4, 0.5) is 14.6 Å². The topological polar surface area (TPSA) is 58.6 Å². The molecule has 3 aliphatic rings. The van der Waals surface area contributed by atoms with Gasteiger partial charge >= 0.3 is 0 Å². The monoisotopic (exact) mass is 420 g/mol. The van der Waals surface area contributed by atoms with Crippen LogP contribution in [-0.4, -0.2) is 45.7 Å². The van der Waals surface area contributed by atoms with E-state index in [4.69, 9.17) is 16.3 Å². The third-order valence-corrected chi connectivity index (χ3v) is 6.31. The molecular weight excluding hydrogens is 402 g/mol. The van der Waals surface area contributed by atoms with Gasteiger partial charge in [-0.05, 0) is 30.5 Å². The highest BCUT2D eigenvalue weighted by molar-refractivity contribution is 6.29. The Hall–Kier alpha value is -2.32. The number of nitrogens with zero attached hydrogens (tertiary/aromatic N) is 4. The number of anilines is 1. The maximum Gasteiger partial charge on any atom is 0.257 e. The van der Waals surface area contributed by atoms with Crippen LogP contribution in [0, 0.1) is 11.6 Å². The number of amides is 1. The Kier molecular flexibility index (Phi) is 4.43. The lowest BCUT2D eigenvalue weighted by atomic mass is 9.89. The molecule has 1 spiro atoms. The Balaban J connectivity index is 1.35. The van der Waals surface area contributed by atoms with Gasteiger partial charge in [0.25, 0.3) is 5.91 Å². The molecule has 0 bridgehead atoms. The number of hydrogen-bond donors (Lipinski definition) is 0. The minimum Gasteiger partial charge on any atom is -0.356 e. The molecule has 6 nitrogen and oxygen atoms in total. The predicted molar refractivity (Wildman–Crippen MR) is 101 cm³/mol. The first-order valence-corrected chi connectivity index (χ1v) is 10.0. The first-order valence-electron chi connectivity index (χ1n) is 9.64. The Morgan fingerprint density at radius 3 is 2.48 bits per heavy atom. The number of benzene rings is 1. The van der Waals surface area contributed by atoms with Gasteiger partial charge in [-0.2, -0.15) is 0 Å². The number of halogens is 3. The molecule has 152 valence electrons. The summed E-state index contributed by atoms with van der Waals surface area (Å²) in [6.07, 6.45) is 3.38. The highest BCUT2D eigenvalue weighted by Gasteiger charge is 2.58. The Labute approximate surface area is 171 Å². The second kappa shape index (κ2) is 6.88. The van der Waals surface area contributed by atoms with Gasteiger partial charge in [0.05, 0.1) is 6.04 Å². The van der Waals surface area contributed by atoms with E-state index in [1.165, 1.54) is 18.5 Å². The summed E-state index contributed by atoms with van der Waals surface area (Å²) in [5, 5.41) is 0.370. The van der Waals surface area contributed by atoms with E-state index in [0.717, 1.165) is 11.9 Å². The fourth-order valence-electron chi connectivity index (χ4n) is 4.73. The molecule has 1 amide bonds. The van der Waals surface area contributed by atoms with Crippen LogP contribution in [0.3, 0.4) is 0 Å². The number of carbonyl (C=O) groups excluding carboxylic acids is 1. The number of carbonyl (C=O) groups is 1. The van der Waals surface area contributed by atoms with E-state index >= 15 is 0 Å². The SMILES string of the molecule is O=C1N2C(CC[C@H]2c2cc(F)cc(F)c2)OC12CCN(c1cc(Cl)ncn1)CC2. The van der Waals surface area contributed by atoms with Crippen LogP contribution in [0.5, 0.6) is 0 Å². The quantitative estimate of drug-likeness (QED) is 0.696. The molecule has 3 saturated heterocycles. The molecule has 5 rings (SSSR count). The third kappa shape index (κ3) is 3.14. The van der Waals surface area contributed by atoms with Crippen molar-refractivity contribution in [3.63, 3.8) is 0 Å². The molecule has 29 heavy (non-hydrogen) atoms. The minimum atomic E-state index is -0.886.